The van der Waals surface area contributed by atoms with E-state index in [9.17, 15) is 9.18 Å². The van der Waals surface area contributed by atoms with Crippen LogP contribution in [0.1, 0.15) is 41.9 Å². The Bertz CT molecular complexity index is 1470. The number of imidazole rings is 1. The van der Waals surface area contributed by atoms with Crippen LogP contribution in [0.5, 0.6) is 0 Å². The molecular formula is C28H30FN7O2. The van der Waals surface area contributed by atoms with E-state index in [0.29, 0.717) is 11.4 Å². The molecule has 6 rings (SSSR count). The van der Waals surface area contributed by atoms with Gasteiger partial charge in [-0.2, -0.15) is 0 Å². The van der Waals surface area contributed by atoms with Crippen LogP contribution in [-0.4, -0.2) is 63.0 Å². The topological polar surface area (TPSA) is 111 Å². The van der Waals surface area contributed by atoms with E-state index in [1.165, 1.54) is 12.1 Å². The van der Waals surface area contributed by atoms with Crippen LogP contribution in [0.25, 0.3) is 16.8 Å². The molecule has 196 valence electrons. The number of carbonyl (C=O) groups excluding carboxylic acids is 1. The molecular weight excluding hydrogens is 485 g/mol. The number of nitrogens with one attached hydrogen (secondary N) is 1. The SMILES string of the molecule is CC1(CN2CCCC(c3nc(-c4ccc(C(=O)Nc5ccc(F)cn5)cc4)c4c(N)nccn34)C2)COC1. The van der Waals surface area contributed by atoms with Crippen molar-refractivity contribution in [3.63, 3.8) is 0 Å². The lowest BCUT2D eigenvalue weighted by atomic mass is 9.86. The van der Waals surface area contributed by atoms with Gasteiger partial charge in [-0.15, -0.1) is 0 Å². The van der Waals surface area contributed by atoms with Crippen LogP contribution in [0.15, 0.2) is 55.0 Å². The lowest BCUT2D eigenvalue weighted by molar-refractivity contribution is -0.117. The molecule has 38 heavy (non-hydrogen) atoms. The van der Waals surface area contributed by atoms with Crippen molar-refractivity contribution in [2.45, 2.75) is 25.7 Å². The number of nitrogens with zero attached hydrogens (tertiary/aromatic N) is 5. The summed E-state index contributed by atoms with van der Waals surface area (Å²) >= 11 is 0. The van der Waals surface area contributed by atoms with Gasteiger partial charge < -0.3 is 20.7 Å². The monoisotopic (exact) mass is 515 g/mol. The summed E-state index contributed by atoms with van der Waals surface area (Å²) in [6.07, 6.45) is 6.86. The first-order chi connectivity index (χ1) is 18.4. The second kappa shape index (κ2) is 9.77. The van der Waals surface area contributed by atoms with Crippen molar-refractivity contribution in [2.24, 2.45) is 5.41 Å². The maximum atomic E-state index is 13.1. The molecule has 0 radical (unpaired) electrons. The Morgan fingerprint density at radius 2 is 2.03 bits per heavy atom. The Morgan fingerprint density at radius 3 is 2.74 bits per heavy atom. The lowest BCUT2D eigenvalue weighted by Gasteiger charge is -2.44. The van der Waals surface area contributed by atoms with Crippen molar-refractivity contribution in [3.05, 3.63) is 72.2 Å². The summed E-state index contributed by atoms with van der Waals surface area (Å²) in [5, 5.41) is 2.68. The van der Waals surface area contributed by atoms with Crippen LogP contribution in [0, 0.1) is 11.2 Å². The number of benzene rings is 1. The van der Waals surface area contributed by atoms with Gasteiger partial charge in [0.05, 0.1) is 19.4 Å². The number of ether oxygens (including phenoxy) is 1. The average Bonchev–Trinajstić information content (AvgIpc) is 3.30. The van der Waals surface area contributed by atoms with E-state index in [1.807, 2.05) is 18.3 Å². The number of piperidine rings is 1. The van der Waals surface area contributed by atoms with E-state index in [0.717, 1.165) is 74.5 Å². The highest BCUT2D eigenvalue weighted by atomic mass is 19.1. The van der Waals surface area contributed by atoms with Crippen LogP contribution in [-0.2, 0) is 4.74 Å². The Balaban J connectivity index is 1.27. The summed E-state index contributed by atoms with van der Waals surface area (Å²) in [5.74, 6) is 1.15. The third-order valence-corrected chi connectivity index (χ3v) is 7.38. The number of hydrogen-bond donors (Lipinski definition) is 2. The van der Waals surface area contributed by atoms with Gasteiger partial charge in [-0.1, -0.05) is 19.1 Å². The van der Waals surface area contributed by atoms with Gasteiger partial charge in [-0.3, -0.25) is 9.20 Å². The smallest absolute Gasteiger partial charge is 0.256 e. The summed E-state index contributed by atoms with van der Waals surface area (Å²) in [6.45, 7) is 6.98. The third kappa shape index (κ3) is 4.72. The first kappa shape index (κ1) is 24.4. The molecule has 2 fully saturated rings. The second-order valence-electron chi connectivity index (χ2n) is 10.6. The predicted molar refractivity (Wildman–Crippen MR) is 142 cm³/mol. The van der Waals surface area contributed by atoms with Gasteiger partial charge >= 0.3 is 0 Å². The number of rotatable bonds is 6. The van der Waals surface area contributed by atoms with Gasteiger partial charge in [-0.05, 0) is 43.7 Å². The molecule has 9 nitrogen and oxygen atoms in total. The Labute approximate surface area is 219 Å². The summed E-state index contributed by atoms with van der Waals surface area (Å²) in [4.78, 5) is 28.5. The first-order valence-corrected chi connectivity index (χ1v) is 12.8. The van der Waals surface area contributed by atoms with Gasteiger partial charge in [-0.25, -0.2) is 19.3 Å². The Hall–Kier alpha value is -3.89. The van der Waals surface area contributed by atoms with Crippen molar-refractivity contribution in [3.8, 4) is 11.3 Å². The minimum absolute atomic E-state index is 0.233. The minimum Gasteiger partial charge on any atom is -0.382 e. The van der Waals surface area contributed by atoms with Gasteiger partial charge in [0.25, 0.3) is 5.91 Å². The van der Waals surface area contributed by atoms with Crippen LogP contribution >= 0.6 is 0 Å². The highest BCUT2D eigenvalue weighted by molar-refractivity contribution is 6.04. The Morgan fingerprint density at radius 1 is 1.21 bits per heavy atom. The molecule has 1 amide bonds. The van der Waals surface area contributed by atoms with E-state index in [4.69, 9.17) is 15.5 Å². The van der Waals surface area contributed by atoms with Crippen molar-refractivity contribution < 1.29 is 13.9 Å². The predicted octanol–water partition coefficient (Wildman–Crippen LogP) is 3.98. The molecule has 10 heteroatoms. The molecule has 0 saturated carbocycles. The standard InChI is InChI=1S/C28H30FN7O2/c1-28(16-38-17-28)15-35-11-2-3-20(14-35)26-34-23(24-25(30)31-10-12-36(24)26)18-4-6-19(7-5-18)27(37)33-22-9-8-21(29)13-32-22/h4-10,12-13,20H,2-3,11,14-17H2,1H3,(H2,30,31)(H,32,33,37). The molecule has 1 atom stereocenters. The van der Waals surface area contributed by atoms with Crippen molar-refractivity contribution in [1.82, 2.24) is 24.3 Å². The fourth-order valence-corrected chi connectivity index (χ4v) is 5.49. The number of hydrogen-bond acceptors (Lipinski definition) is 7. The average molecular weight is 516 g/mol. The minimum atomic E-state index is -0.462. The van der Waals surface area contributed by atoms with Gasteiger partial charge in [0.1, 0.15) is 34.5 Å². The molecule has 2 aliphatic heterocycles. The van der Waals surface area contributed by atoms with Crippen LogP contribution in [0.2, 0.25) is 0 Å². The lowest BCUT2D eigenvalue weighted by Crippen LogP contribution is -2.50. The van der Waals surface area contributed by atoms with E-state index >= 15 is 0 Å². The number of aromatic nitrogens is 4. The first-order valence-electron chi connectivity index (χ1n) is 12.8. The zero-order valence-electron chi connectivity index (χ0n) is 21.2. The third-order valence-electron chi connectivity index (χ3n) is 7.38. The molecule has 5 heterocycles. The number of nitrogens with two attached hydrogens (primary N) is 1. The van der Waals surface area contributed by atoms with E-state index in [2.05, 4.69) is 31.5 Å². The number of fused-ring (bicyclic) bond motifs is 1. The van der Waals surface area contributed by atoms with Crippen molar-refractivity contribution in [2.75, 3.05) is 43.9 Å². The Kier molecular flexibility index (Phi) is 6.29. The molecule has 1 unspecified atom stereocenters. The van der Waals surface area contributed by atoms with Crippen LogP contribution < -0.4 is 11.1 Å². The van der Waals surface area contributed by atoms with Gasteiger partial charge in [0, 0.05) is 47.9 Å². The molecule has 3 N–H and O–H groups in total. The molecule has 0 spiro atoms. The second-order valence-corrected chi connectivity index (χ2v) is 10.6. The van der Waals surface area contributed by atoms with Gasteiger partial charge in [0.15, 0.2) is 0 Å². The summed E-state index contributed by atoms with van der Waals surface area (Å²) in [6, 6.07) is 9.85. The van der Waals surface area contributed by atoms with Crippen LogP contribution in [0.4, 0.5) is 16.0 Å². The zero-order valence-corrected chi connectivity index (χ0v) is 21.2. The van der Waals surface area contributed by atoms with E-state index in [-0.39, 0.29) is 23.1 Å². The molecule has 4 aromatic rings. The number of likely N-dealkylation sites (tertiary alicyclic amines) is 1. The number of halogens is 1. The highest BCUT2D eigenvalue weighted by Gasteiger charge is 2.37. The van der Waals surface area contributed by atoms with E-state index in [1.54, 1.807) is 18.3 Å². The number of nitrogen functional groups attached to an aromatic ring is 1. The maximum Gasteiger partial charge on any atom is 0.256 e. The van der Waals surface area contributed by atoms with Crippen molar-refractivity contribution in [1.29, 1.82) is 0 Å². The summed E-state index contributed by atoms with van der Waals surface area (Å²) < 4.78 is 20.6. The van der Waals surface area contributed by atoms with Crippen LogP contribution in [0.3, 0.4) is 0 Å². The fraction of sp³-hybridized carbons (Fsp3) is 0.357. The molecule has 2 aliphatic rings. The molecule has 1 aromatic carbocycles. The van der Waals surface area contributed by atoms with E-state index < -0.39 is 5.82 Å². The highest BCUT2D eigenvalue weighted by Crippen LogP contribution is 2.35. The number of carbonyl (C=O) groups is 1. The normalized spacial score (nSPS) is 19.3. The number of anilines is 2. The quantitative estimate of drug-likeness (QED) is 0.400. The summed E-state index contributed by atoms with van der Waals surface area (Å²) in [7, 11) is 0. The van der Waals surface area contributed by atoms with Crippen molar-refractivity contribution >= 4 is 23.1 Å². The molecule has 0 aliphatic carbocycles. The fourth-order valence-electron chi connectivity index (χ4n) is 5.49. The largest absolute Gasteiger partial charge is 0.382 e. The molecule has 3 aromatic heterocycles. The number of pyridine rings is 1. The maximum absolute atomic E-state index is 13.1. The summed E-state index contributed by atoms with van der Waals surface area (Å²) in [5.41, 5.74) is 9.40. The number of amides is 1. The zero-order chi connectivity index (χ0) is 26.3. The molecule has 0 bridgehead atoms. The molecule has 2 saturated heterocycles. The van der Waals surface area contributed by atoms with Gasteiger partial charge in [0.2, 0.25) is 0 Å².